The molecule has 0 saturated heterocycles. The molecule has 1 aromatic carbocycles. The van der Waals surface area contributed by atoms with Gasteiger partial charge in [-0.3, -0.25) is 0 Å². The lowest BCUT2D eigenvalue weighted by atomic mass is 9.99. The molecular formula is C17H28O2S2. The molecule has 1 aromatic rings. The van der Waals surface area contributed by atoms with Crippen LogP contribution in [-0.2, 0) is 4.74 Å². The largest absolute Gasteiger partial charge is 0.493 e. The lowest BCUT2D eigenvalue weighted by molar-refractivity contribution is 0.218. The van der Waals surface area contributed by atoms with E-state index >= 15 is 0 Å². The van der Waals surface area contributed by atoms with Gasteiger partial charge in [0.25, 0.3) is 0 Å². The van der Waals surface area contributed by atoms with Crippen molar-refractivity contribution in [2.45, 2.75) is 26.2 Å². The smallest absolute Gasteiger partial charge is 0.119 e. The van der Waals surface area contributed by atoms with Crippen LogP contribution in [0, 0.1) is 0 Å². The average molecular weight is 329 g/mol. The average Bonchev–Trinajstić information content (AvgIpc) is 2.53. The standard InChI is InChI=1S/C17H28O2S2/c1-4-15(2)16-5-7-17(8-6-16)19-10-12-21-14-13-20-11-9-18-3/h5-8,15H,4,9-14H2,1-3H3. The summed E-state index contributed by atoms with van der Waals surface area (Å²) in [7, 11) is 1.75. The van der Waals surface area contributed by atoms with E-state index in [1.165, 1.54) is 23.5 Å². The maximum absolute atomic E-state index is 5.77. The minimum absolute atomic E-state index is 0.630. The van der Waals surface area contributed by atoms with E-state index in [9.17, 15) is 0 Å². The molecule has 0 saturated carbocycles. The monoisotopic (exact) mass is 328 g/mol. The minimum atomic E-state index is 0.630. The zero-order valence-corrected chi connectivity index (χ0v) is 15.1. The summed E-state index contributed by atoms with van der Waals surface area (Å²) in [6, 6.07) is 8.55. The molecule has 0 spiro atoms. The van der Waals surface area contributed by atoms with Gasteiger partial charge in [0.05, 0.1) is 13.2 Å². The first-order valence-corrected chi connectivity index (χ1v) is 9.96. The van der Waals surface area contributed by atoms with Gasteiger partial charge in [-0.2, -0.15) is 23.5 Å². The zero-order chi connectivity index (χ0) is 15.3. The van der Waals surface area contributed by atoms with Gasteiger partial charge in [0.2, 0.25) is 0 Å². The van der Waals surface area contributed by atoms with E-state index in [0.717, 1.165) is 30.5 Å². The Morgan fingerprint density at radius 2 is 1.57 bits per heavy atom. The van der Waals surface area contributed by atoms with E-state index in [-0.39, 0.29) is 0 Å². The highest BCUT2D eigenvalue weighted by Crippen LogP contribution is 2.21. The van der Waals surface area contributed by atoms with Gasteiger partial charge in [0, 0.05) is 30.1 Å². The molecule has 120 valence electrons. The van der Waals surface area contributed by atoms with Crippen LogP contribution < -0.4 is 4.74 Å². The molecule has 4 heteroatoms. The summed E-state index contributed by atoms with van der Waals surface area (Å²) >= 11 is 3.91. The van der Waals surface area contributed by atoms with Crippen molar-refractivity contribution < 1.29 is 9.47 Å². The van der Waals surface area contributed by atoms with Gasteiger partial charge in [-0.15, -0.1) is 0 Å². The van der Waals surface area contributed by atoms with Crippen molar-refractivity contribution in [3.8, 4) is 5.75 Å². The number of hydrogen-bond acceptors (Lipinski definition) is 4. The first-order valence-electron chi connectivity index (χ1n) is 7.65. The fourth-order valence-electron chi connectivity index (χ4n) is 1.81. The highest BCUT2D eigenvalue weighted by molar-refractivity contribution is 8.02. The molecule has 0 aliphatic heterocycles. The van der Waals surface area contributed by atoms with Crippen LogP contribution in [-0.4, -0.2) is 43.3 Å². The predicted molar refractivity (Wildman–Crippen MR) is 97.2 cm³/mol. The van der Waals surface area contributed by atoms with Gasteiger partial charge in [0.15, 0.2) is 0 Å². The van der Waals surface area contributed by atoms with E-state index in [2.05, 4.69) is 38.1 Å². The molecule has 1 unspecified atom stereocenters. The first kappa shape index (κ1) is 18.7. The Bertz CT molecular complexity index is 354. The van der Waals surface area contributed by atoms with Gasteiger partial charge in [0.1, 0.15) is 5.75 Å². The summed E-state index contributed by atoms with van der Waals surface area (Å²) in [6.45, 7) is 6.12. The summed E-state index contributed by atoms with van der Waals surface area (Å²) in [4.78, 5) is 0. The highest BCUT2D eigenvalue weighted by Gasteiger charge is 2.02. The molecule has 0 amide bonds. The second kappa shape index (κ2) is 12.2. The van der Waals surface area contributed by atoms with Crippen molar-refractivity contribution >= 4 is 23.5 Å². The van der Waals surface area contributed by atoms with Crippen LogP contribution in [0.1, 0.15) is 31.7 Å². The van der Waals surface area contributed by atoms with Crippen molar-refractivity contribution in [2.75, 3.05) is 43.3 Å². The van der Waals surface area contributed by atoms with Gasteiger partial charge in [-0.1, -0.05) is 26.0 Å². The molecule has 1 rings (SSSR count). The highest BCUT2D eigenvalue weighted by atomic mass is 32.2. The summed E-state index contributed by atoms with van der Waals surface area (Å²) in [5.74, 6) is 6.14. The molecule has 0 N–H and O–H groups in total. The molecule has 0 aromatic heterocycles. The second-order valence-electron chi connectivity index (χ2n) is 4.94. The van der Waals surface area contributed by atoms with Crippen molar-refractivity contribution in [1.82, 2.24) is 0 Å². The van der Waals surface area contributed by atoms with E-state index in [1.807, 2.05) is 23.5 Å². The molecular weight excluding hydrogens is 300 g/mol. The number of ether oxygens (including phenoxy) is 2. The number of rotatable bonds is 12. The normalized spacial score (nSPS) is 12.3. The zero-order valence-electron chi connectivity index (χ0n) is 13.5. The molecule has 1 atom stereocenters. The van der Waals surface area contributed by atoms with Crippen molar-refractivity contribution in [2.24, 2.45) is 0 Å². The third-order valence-electron chi connectivity index (χ3n) is 3.36. The molecule has 0 fully saturated rings. The number of hydrogen-bond donors (Lipinski definition) is 0. The van der Waals surface area contributed by atoms with Crippen LogP contribution in [0.4, 0.5) is 0 Å². The lowest BCUT2D eigenvalue weighted by Gasteiger charge is -2.10. The van der Waals surface area contributed by atoms with Gasteiger partial charge >= 0.3 is 0 Å². The Hall–Kier alpha value is -0.320. The van der Waals surface area contributed by atoms with Crippen LogP contribution in [0.15, 0.2) is 24.3 Å². The Morgan fingerprint density at radius 3 is 2.14 bits per heavy atom. The molecule has 0 radical (unpaired) electrons. The molecule has 0 aliphatic carbocycles. The van der Waals surface area contributed by atoms with Crippen LogP contribution >= 0.6 is 23.5 Å². The van der Waals surface area contributed by atoms with E-state index in [1.54, 1.807) is 7.11 Å². The second-order valence-corrected chi connectivity index (χ2v) is 7.39. The molecule has 21 heavy (non-hydrogen) atoms. The minimum Gasteiger partial charge on any atom is -0.493 e. The predicted octanol–water partition coefficient (Wildman–Crippen LogP) is 4.69. The van der Waals surface area contributed by atoms with Gasteiger partial charge in [-0.05, 0) is 30.0 Å². The number of thioether (sulfide) groups is 2. The summed E-state index contributed by atoms with van der Waals surface area (Å²) in [6.07, 6.45) is 1.18. The summed E-state index contributed by atoms with van der Waals surface area (Å²) in [5, 5.41) is 0. The molecule has 0 heterocycles. The van der Waals surface area contributed by atoms with Crippen LogP contribution in [0.3, 0.4) is 0 Å². The first-order chi connectivity index (χ1) is 10.3. The quantitative estimate of drug-likeness (QED) is 0.518. The Labute approximate surface area is 138 Å². The SMILES string of the molecule is CCC(C)c1ccc(OCCSCCSCCOC)cc1. The molecule has 0 bridgehead atoms. The van der Waals surface area contributed by atoms with E-state index in [0.29, 0.717) is 5.92 Å². The van der Waals surface area contributed by atoms with E-state index < -0.39 is 0 Å². The Balaban J connectivity index is 2.05. The Morgan fingerprint density at radius 1 is 0.952 bits per heavy atom. The van der Waals surface area contributed by atoms with Gasteiger partial charge < -0.3 is 9.47 Å². The van der Waals surface area contributed by atoms with Crippen LogP contribution in [0.5, 0.6) is 5.75 Å². The fraction of sp³-hybridized carbons (Fsp3) is 0.647. The summed E-state index contributed by atoms with van der Waals surface area (Å²) in [5.41, 5.74) is 1.40. The lowest BCUT2D eigenvalue weighted by Crippen LogP contribution is -2.02. The maximum atomic E-state index is 5.77. The van der Waals surface area contributed by atoms with Crippen LogP contribution in [0.25, 0.3) is 0 Å². The number of methoxy groups -OCH3 is 1. The fourth-order valence-corrected chi connectivity index (χ4v) is 3.65. The topological polar surface area (TPSA) is 18.5 Å². The van der Waals surface area contributed by atoms with Crippen molar-refractivity contribution in [3.05, 3.63) is 29.8 Å². The van der Waals surface area contributed by atoms with Crippen molar-refractivity contribution in [3.63, 3.8) is 0 Å². The number of benzene rings is 1. The van der Waals surface area contributed by atoms with Crippen LogP contribution in [0.2, 0.25) is 0 Å². The maximum Gasteiger partial charge on any atom is 0.119 e. The third-order valence-corrected chi connectivity index (χ3v) is 5.52. The summed E-state index contributed by atoms with van der Waals surface area (Å²) < 4.78 is 10.8. The molecule has 2 nitrogen and oxygen atoms in total. The third kappa shape index (κ3) is 8.64. The van der Waals surface area contributed by atoms with Crippen molar-refractivity contribution in [1.29, 1.82) is 0 Å². The van der Waals surface area contributed by atoms with Gasteiger partial charge in [-0.25, -0.2) is 0 Å². The molecule has 0 aliphatic rings. The van der Waals surface area contributed by atoms with E-state index in [4.69, 9.17) is 9.47 Å². The Kier molecular flexibility index (Phi) is 10.9.